The van der Waals surface area contributed by atoms with E-state index < -0.39 is 0 Å². The van der Waals surface area contributed by atoms with Crippen molar-refractivity contribution in [3.63, 3.8) is 0 Å². The van der Waals surface area contributed by atoms with Crippen LogP contribution in [0.3, 0.4) is 0 Å². The van der Waals surface area contributed by atoms with E-state index in [1.54, 1.807) is 0 Å². The van der Waals surface area contributed by atoms with Gasteiger partial charge in [-0.2, -0.15) is 5.10 Å². The predicted octanol–water partition coefficient (Wildman–Crippen LogP) is 4.18. The lowest BCUT2D eigenvalue weighted by molar-refractivity contribution is 0.645. The zero-order chi connectivity index (χ0) is 14.9. The normalized spacial score (nSPS) is 12.7. The van der Waals surface area contributed by atoms with Crippen LogP contribution in [0.4, 0.5) is 0 Å². The highest BCUT2D eigenvalue weighted by molar-refractivity contribution is 9.10. The van der Waals surface area contributed by atoms with Crippen molar-refractivity contribution in [2.24, 2.45) is 5.73 Å². The summed E-state index contributed by atoms with van der Waals surface area (Å²) in [6, 6.07) is 6.41. The summed E-state index contributed by atoms with van der Waals surface area (Å²) in [5, 5.41) is 5.19. The van der Waals surface area contributed by atoms with Gasteiger partial charge >= 0.3 is 0 Å². The second-order valence-electron chi connectivity index (χ2n) is 5.04. The Bertz CT molecular complexity index is 622. The molecular weight excluding hydrogens is 338 g/mol. The first kappa shape index (κ1) is 15.5. The summed E-state index contributed by atoms with van der Waals surface area (Å²) in [5.74, 6) is 0. The lowest BCUT2D eigenvalue weighted by atomic mass is 10.0. The maximum Gasteiger partial charge on any atom is 0.0848 e. The molecule has 108 valence electrons. The third kappa shape index (κ3) is 3.08. The topological polar surface area (TPSA) is 43.8 Å². The van der Waals surface area contributed by atoms with E-state index in [9.17, 15) is 0 Å². The van der Waals surface area contributed by atoms with Crippen LogP contribution in [-0.4, -0.2) is 15.8 Å². The third-order valence-electron chi connectivity index (χ3n) is 3.49. The number of hydrogen-bond acceptors (Lipinski definition) is 2. The van der Waals surface area contributed by atoms with Gasteiger partial charge in [-0.1, -0.05) is 40.5 Å². The van der Waals surface area contributed by atoms with Crippen molar-refractivity contribution in [2.75, 3.05) is 0 Å². The molecular formula is C15H19BrClN3. The van der Waals surface area contributed by atoms with Crippen LogP contribution in [-0.2, 0) is 6.42 Å². The summed E-state index contributed by atoms with van der Waals surface area (Å²) in [6.07, 6.45) is 1.84. The Morgan fingerprint density at radius 3 is 2.60 bits per heavy atom. The molecule has 0 saturated heterocycles. The Kier molecular flexibility index (Phi) is 4.89. The molecule has 0 aliphatic carbocycles. The number of aromatic nitrogens is 2. The van der Waals surface area contributed by atoms with Crippen molar-refractivity contribution in [3.8, 4) is 5.69 Å². The smallest absolute Gasteiger partial charge is 0.0848 e. The average molecular weight is 357 g/mol. The van der Waals surface area contributed by atoms with E-state index >= 15 is 0 Å². The van der Waals surface area contributed by atoms with Crippen LogP contribution in [0.15, 0.2) is 22.7 Å². The minimum absolute atomic E-state index is 0.195. The van der Waals surface area contributed by atoms with E-state index in [0.717, 1.165) is 39.4 Å². The average Bonchev–Trinajstić information content (AvgIpc) is 2.68. The van der Waals surface area contributed by atoms with Crippen LogP contribution in [0.1, 0.15) is 30.3 Å². The fourth-order valence-corrected chi connectivity index (χ4v) is 2.78. The molecule has 0 saturated carbocycles. The number of hydrogen-bond donors (Lipinski definition) is 1. The Balaban J connectivity index is 2.35. The van der Waals surface area contributed by atoms with Gasteiger partial charge in [-0.05, 0) is 44.4 Å². The SMILES string of the molecule is CCC(N)Cc1ccc(-n2nc(C)c(Cl)c2C)cc1Br. The molecule has 2 rings (SSSR count). The maximum atomic E-state index is 6.20. The van der Waals surface area contributed by atoms with Crippen molar-refractivity contribution < 1.29 is 0 Å². The third-order valence-corrected chi connectivity index (χ3v) is 4.78. The van der Waals surface area contributed by atoms with Crippen molar-refractivity contribution >= 4 is 27.5 Å². The Morgan fingerprint density at radius 2 is 2.10 bits per heavy atom. The van der Waals surface area contributed by atoms with Crippen LogP contribution in [0.2, 0.25) is 5.02 Å². The molecule has 0 amide bonds. The molecule has 5 heteroatoms. The molecule has 1 unspecified atom stereocenters. The summed E-state index contributed by atoms with van der Waals surface area (Å²) in [7, 11) is 0. The Morgan fingerprint density at radius 1 is 1.40 bits per heavy atom. The van der Waals surface area contributed by atoms with Gasteiger partial charge in [0.05, 0.1) is 22.1 Å². The lowest BCUT2D eigenvalue weighted by Gasteiger charge is -2.12. The molecule has 1 atom stereocenters. The number of rotatable bonds is 4. The fraction of sp³-hybridized carbons (Fsp3) is 0.400. The van der Waals surface area contributed by atoms with E-state index in [4.69, 9.17) is 17.3 Å². The van der Waals surface area contributed by atoms with E-state index in [-0.39, 0.29) is 6.04 Å². The molecule has 0 aliphatic rings. The highest BCUT2D eigenvalue weighted by Crippen LogP contribution is 2.26. The number of benzene rings is 1. The second-order valence-corrected chi connectivity index (χ2v) is 6.28. The first-order valence-corrected chi connectivity index (χ1v) is 7.87. The van der Waals surface area contributed by atoms with Crippen molar-refractivity contribution in [1.82, 2.24) is 9.78 Å². The Labute approximate surface area is 133 Å². The number of nitrogens with zero attached hydrogens (tertiary/aromatic N) is 2. The molecule has 0 radical (unpaired) electrons. The van der Waals surface area contributed by atoms with Gasteiger partial charge in [0.25, 0.3) is 0 Å². The monoisotopic (exact) mass is 355 g/mol. The number of aryl methyl sites for hydroxylation is 1. The van der Waals surface area contributed by atoms with Gasteiger partial charge in [-0.15, -0.1) is 0 Å². The number of nitrogens with two attached hydrogens (primary N) is 1. The zero-order valence-electron chi connectivity index (χ0n) is 12.0. The molecule has 0 fully saturated rings. The molecule has 2 N–H and O–H groups in total. The van der Waals surface area contributed by atoms with E-state index in [1.807, 2.05) is 18.5 Å². The largest absolute Gasteiger partial charge is 0.327 e. The van der Waals surface area contributed by atoms with Gasteiger partial charge in [0.1, 0.15) is 0 Å². The zero-order valence-corrected chi connectivity index (χ0v) is 14.3. The van der Waals surface area contributed by atoms with Crippen molar-refractivity contribution in [2.45, 2.75) is 39.7 Å². The standard InChI is InChI=1S/C15H19BrClN3/c1-4-12(18)7-11-5-6-13(8-14(11)16)20-10(3)15(17)9(2)19-20/h5-6,8,12H,4,7,18H2,1-3H3. The summed E-state index contributed by atoms with van der Waals surface area (Å²) < 4.78 is 2.92. The summed E-state index contributed by atoms with van der Waals surface area (Å²) >= 11 is 9.82. The van der Waals surface area contributed by atoms with Gasteiger partial charge in [0.2, 0.25) is 0 Å². The predicted molar refractivity (Wildman–Crippen MR) is 87.7 cm³/mol. The summed E-state index contributed by atoms with van der Waals surface area (Å²) in [4.78, 5) is 0. The first-order valence-electron chi connectivity index (χ1n) is 6.70. The molecule has 3 nitrogen and oxygen atoms in total. The summed E-state index contributed by atoms with van der Waals surface area (Å²) in [5.41, 5.74) is 10.0. The Hall–Kier alpha value is -0.840. The van der Waals surface area contributed by atoms with Gasteiger partial charge in [0, 0.05) is 10.5 Å². The fourth-order valence-electron chi connectivity index (χ4n) is 2.14. The van der Waals surface area contributed by atoms with E-state index in [1.165, 1.54) is 5.56 Å². The molecule has 0 bridgehead atoms. The number of halogens is 2. The highest BCUT2D eigenvalue weighted by atomic mass is 79.9. The molecule has 1 heterocycles. The van der Waals surface area contributed by atoms with Crippen LogP contribution < -0.4 is 5.73 Å². The van der Waals surface area contributed by atoms with E-state index in [2.05, 4.69) is 46.2 Å². The van der Waals surface area contributed by atoms with E-state index in [0.29, 0.717) is 0 Å². The molecule has 0 spiro atoms. The van der Waals surface area contributed by atoms with Crippen molar-refractivity contribution in [1.29, 1.82) is 0 Å². The minimum atomic E-state index is 0.195. The van der Waals surface area contributed by atoms with Gasteiger partial charge in [0.15, 0.2) is 0 Å². The van der Waals surface area contributed by atoms with Gasteiger partial charge in [-0.3, -0.25) is 0 Å². The second kappa shape index (κ2) is 6.29. The molecule has 0 aliphatic heterocycles. The molecule has 2 aromatic rings. The van der Waals surface area contributed by atoms with Crippen LogP contribution in [0.25, 0.3) is 5.69 Å². The van der Waals surface area contributed by atoms with Crippen LogP contribution in [0.5, 0.6) is 0 Å². The molecule has 20 heavy (non-hydrogen) atoms. The minimum Gasteiger partial charge on any atom is -0.327 e. The van der Waals surface area contributed by atoms with Gasteiger partial charge in [-0.25, -0.2) is 4.68 Å². The quantitative estimate of drug-likeness (QED) is 0.893. The van der Waals surface area contributed by atoms with Crippen LogP contribution in [0, 0.1) is 13.8 Å². The van der Waals surface area contributed by atoms with Crippen LogP contribution >= 0.6 is 27.5 Å². The lowest BCUT2D eigenvalue weighted by Crippen LogP contribution is -2.21. The first-order chi connectivity index (χ1) is 9.43. The molecule has 1 aromatic carbocycles. The molecule has 1 aromatic heterocycles. The summed E-state index contributed by atoms with van der Waals surface area (Å²) in [6.45, 7) is 5.98. The van der Waals surface area contributed by atoms with Crippen molar-refractivity contribution in [3.05, 3.63) is 44.6 Å². The highest BCUT2D eigenvalue weighted by Gasteiger charge is 2.12. The maximum absolute atomic E-state index is 6.20. The van der Waals surface area contributed by atoms with Gasteiger partial charge < -0.3 is 5.73 Å².